The standard InChI is InChI=1S/C13H18BrNO2/c1-8(7-16-2)13-6-11(15)10-5-9(14)3-4-12(10)17-13/h3-5,8,11,13H,6-7,15H2,1-2H3/t8?,11-,13?/m1/s1. The monoisotopic (exact) mass is 299 g/mol. The molecule has 1 aliphatic rings. The minimum atomic E-state index is 0.0422. The van der Waals surface area contributed by atoms with E-state index in [1.807, 2.05) is 18.2 Å². The molecule has 4 heteroatoms. The average molecular weight is 300 g/mol. The molecule has 0 saturated carbocycles. The van der Waals surface area contributed by atoms with Gasteiger partial charge in [-0.3, -0.25) is 0 Å². The first-order valence-electron chi connectivity index (χ1n) is 5.82. The van der Waals surface area contributed by atoms with E-state index in [9.17, 15) is 0 Å². The highest BCUT2D eigenvalue weighted by Crippen LogP contribution is 2.37. The summed E-state index contributed by atoms with van der Waals surface area (Å²) >= 11 is 3.46. The zero-order valence-electron chi connectivity index (χ0n) is 10.2. The Bertz CT molecular complexity index is 397. The Kier molecular flexibility index (Phi) is 4.07. The lowest BCUT2D eigenvalue weighted by Crippen LogP contribution is -2.35. The number of benzene rings is 1. The number of hydrogen-bond acceptors (Lipinski definition) is 3. The molecule has 1 aromatic carbocycles. The van der Waals surface area contributed by atoms with Crippen LogP contribution in [0.1, 0.15) is 24.9 Å². The minimum absolute atomic E-state index is 0.0422. The minimum Gasteiger partial charge on any atom is -0.490 e. The summed E-state index contributed by atoms with van der Waals surface area (Å²) in [6, 6.07) is 6.04. The van der Waals surface area contributed by atoms with Gasteiger partial charge in [0, 0.05) is 35.5 Å². The number of fused-ring (bicyclic) bond motifs is 1. The Balaban J connectivity index is 2.18. The van der Waals surface area contributed by atoms with E-state index in [1.54, 1.807) is 7.11 Å². The highest BCUT2D eigenvalue weighted by atomic mass is 79.9. The molecule has 0 aliphatic carbocycles. The van der Waals surface area contributed by atoms with E-state index in [2.05, 4.69) is 22.9 Å². The predicted octanol–water partition coefficient (Wildman–Crippen LogP) is 2.88. The molecule has 1 aliphatic heterocycles. The summed E-state index contributed by atoms with van der Waals surface area (Å²) in [6.45, 7) is 2.83. The molecule has 1 aromatic rings. The van der Waals surface area contributed by atoms with Crippen LogP contribution in [0.2, 0.25) is 0 Å². The van der Waals surface area contributed by atoms with Crippen LogP contribution in [-0.4, -0.2) is 19.8 Å². The van der Waals surface area contributed by atoms with Gasteiger partial charge < -0.3 is 15.2 Å². The Labute approximate surface area is 110 Å². The second kappa shape index (κ2) is 5.38. The maximum Gasteiger partial charge on any atom is 0.124 e. The molecular weight excluding hydrogens is 282 g/mol. The fourth-order valence-corrected chi connectivity index (χ4v) is 2.60. The van der Waals surface area contributed by atoms with E-state index in [0.29, 0.717) is 12.5 Å². The SMILES string of the molecule is COCC(C)C1C[C@@H](N)c2cc(Br)ccc2O1. The molecule has 1 heterocycles. The van der Waals surface area contributed by atoms with Crippen molar-refractivity contribution in [3.05, 3.63) is 28.2 Å². The number of nitrogens with two attached hydrogens (primary N) is 1. The van der Waals surface area contributed by atoms with Crippen LogP contribution in [0.3, 0.4) is 0 Å². The highest BCUT2D eigenvalue weighted by Gasteiger charge is 2.29. The summed E-state index contributed by atoms with van der Waals surface area (Å²) in [6.07, 6.45) is 0.979. The van der Waals surface area contributed by atoms with E-state index >= 15 is 0 Å². The molecule has 94 valence electrons. The van der Waals surface area contributed by atoms with Gasteiger partial charge in [0.1, 0.15) is 11.9 Å². The third-order valence-corrected chi connectivity index (χ3v) is 3.69. The van der Waals surface area contributed by atoms with Gasteiger partial charge in [-0.15, -0.1) is 0 Å². The smallest absolute Gasteiger partial charge is 0.124 e. The van der Waals surface area contributed by atoms with Crippen molar-refractivity contribution in [2.24, 2.45) is 11.7 Å². The van der Waals surface area contributed by atoms with Crippen molar-refractivity contribution < 1.29 is 9.47 Å². The van der Waals surface area contributed by atoms with Crippen LogP contribution in [-0.2, 0) is 4.74 Å². The first-order valence-corrected chi connectivity index (χ1v) is 6.61. The molecule has 0 aromatic heterocycles. The van der Waals surface area contributed by atoms with Gasteiger partial charge in [0.15, 0.2) is 0 Å². The molecule has 0 radical (unpaired) electrons. The topological polar surface area (TPSA) is 44.5 Å². The third kappa shape index (κ3) is 2.81. The van der Waals surface area contributed by atoms with Gasteiger partial charge in [0.05, 0.1) is 6.61 Å². The molecule has 0 spiro atoms. The van der Waals surface area contributed by atoms with Gasteiger partial charge in [-0.25, -0.2) is 0 Å². The van der Waals surface area contributed by atoms with E-state index in [4.69, 9.17) is 15.2 Å². The number of rotatable bonds is 3. The van der Waals surface area contributed by atoms with E-state index in [0.717, 1.165) is 22.2 Å². The van der Waals surface area contributed by atoms with Crippen LogP contribution in [0, 0.1) is 5.92 Å². The highest BCUT2D eigenvalue weighted by molar-refractivity contribution is 9.10. The van der Waals surface area contributed by atoms with Gasteiger partial charge in [-0.05, 0) is 18.2 Å². The summed E-state index contributed by atoms with van der Waals surface area (Å²) in [5.41, 5.74) is 7.28. The first kappa shape index (κ1) is 12.9. The van der Waals surface area contributed by atoms with Crippen molar-refractivity contribution in [1.82, 2.24) is 0 Å². The Morgan fingerprint density at radius 3 is 3.06 bits per heavy atom. The normalized spacial score (nSPS) is 24.9. The molecule has 0 saturated heterocycles. The Morgan fingerprint density at radius 2 is 2.35 bits per heavy atom. The van der Waals surface area contributed by atoms with Crippen molar-refractivity contribution >= 4 is 15.9 Å². The van der Waals surface area contributed by atoms with Gasteiger partial charge in [-0.2, -0.15) is 0 Å². The van der Waals surface area contributed by atoms with Gasteiger partial charge >= 0.3 is 0 Å². The number of ether oxygens (including phenoxy) is 2. The number of halogens is 1. The number of hydrogen-bond donors (Lipinski definition) is 1. The molecule has 0 amide bonds. The molecule has 3 nitrogen and oxygen atoms in total. The van der Waals surface area contributed by atoms with Crippen LogP contribution >= 0.6 is 15.9 Å². The summed E-state index contributed by atoms with van der Waals surface area (Å²) in [4.78, 5) is 0. The zero-order chi connectivity index (χ0) is 12.4. The van der Waals surface area contributed by atoms with Crippen molar-refractivity contribution in [3.63, 3.8) is 0 Å². The summed E-state index contributed by atoms with van der Waals surface area (Å²) < 4.78 is 12.2. The lowest BCUT2D eigenvalue weighted by atomic mass is 9.91. The largest absolute Gasteiger partial charge is 0.490 e. The van der Waals surface area contributed by atoms with Crippen LogP contribution in [0.5, 0.6) is 5.75 Å². The maximum absolute atomic E-state index is 6.20. The molecule has 0 bridgehead atoms. The van der Waals surface area contributed by atoms with E-state index in [-0.39, 0.29) is 12.1 Å². The molecule has 2 rings (SSSR count). The maximum atomic E-state index is 6.20. The fourth-order valence-electron chi connectivity index (χ4n) is 2.22. The lowest BCUT2D eigenvalue weighted by molar-refractivity contribution is 0.0538. The third-order valence-electron chi connectivity index (χ3n) is 3.20. The first-order chi connectivity index (χ1) is 8.11. The van der Waals surface area contributed by atoms with Crippen LogP contribution in [0.4, 0.5) is 0 Å². The predicted molar refractivity (Wildman–Crippen MR) is 71.1 cm³/mol. The summed E-state index contributed by atoms with van der Waals surface area (Å²) in [7, 11) is 1.71. The van der Waals surface area contributed by atoms with Crippen molar-refractivity contribution in [2.75, 3.05) is 13.7 Å². The molecule has 17 heavy (non-hydrogen) atoms. The molecular formula is C13H18BrNO2. The lowest BCUT2D eigenvalue weighted by Gasteiger charge is -2.33. The molecule has 2 N–H and O–H groups in total. The zero-order valence-corrected chi connectivity index (χ0v) is 11.7. The van der Waals surface area contributed by atoms with Crippen molar-refractivity contribution in [2.45, 2.75) is 25.5 Å². The van der Waals surface area contributed by atoms with Gasteiger partial charge in [0.25, 0.3) is 0 Å². The summed E-state index contributed by atoms with van der Waals surface area (Å²) in [5.74, 6) is 1.25. The fraction of sp³-hybridized carbons (Fsp3) is 0.538. The Hall–Kier alpha value is -0.580. The van der Waals surface area contributed by atoms with Crippen LogP contribution < -0.4 is 10.5 Å². The summed E-state index contributed by atoms with van der Waals surface area (Å²) in [5, 5.41) is 0. The molecule has 0 fully saturated rings. The Morgan fingerprint density at radius 1 is 1.59 bits per heavy atom. The second-order valence-electron chi connectivity index (χ2n) is 4.61. The number of methoxy groups -OCH3 is 1. The average Bonchev–Trinajstić information content (AvgIpc) is 2.30. The quantitative estimate of drug-likeness (QED) is 0.933. The van der Waals surface area contributed by atoms with Crippen molar-refractivity contribution in [3.8, 4) is 5.75 Å². The molecule has 2 unspecified atom stereocenters. The van der Waals surface area contributed by atoms with Crippen LogP contribution in [0.15, 0.2) is 22.7 Å². The van der Waals surface area contributed by atoms with E-state index < -0.39 is 0 Å². The van der Waals surface area contributed by atoms with Crippen molar-refractivity contribution in [1.29, 1.82) is 0 Å². The van der Waals surface area contributed by atoms with E-state index in [1.165, 1.54) is 0 Å². The van der Waals surface area contributed by atoms with Crippen LogP contribution in [0.25, 0.3) is 0 Å². The second-order valence-corrected chi connectivity index (χ2v) is 5.53. The van der Waals surface area contributed by atoms with Gasteiger partial charge in [0.2, 0.25) is 0 Å². The van der Waals surface area contributed by atoms with Gasteiger partial charge in [-0.1, -0.05) is 22.9 Å². The molecule has 3 atom stereocenters.